The molecule has 0 heterocycles. The number of likely N-dealkylation sites (N-methyl/N-ethyl adjacent to an activating group) is 1. The zero-order chi connectivity index (χ0) is 12.0. The lowest BCUT2D eigenvalue weighted by Crippen LogP contribution is -2.29. The predicted molar refractivity (Wildman–Crippen MR) is 68.1 cm³/mol. The molecule has 1 rings (SSSR count). The molecule has 3 nitrogen and oxygen atoms in total. The Morgan fingerprint density at radius 1 is 1.38 bits per heavy atom. The van der Waals surface area contributed by atoms with Crippen molar-refractivity contribution in [2.45, 2.75) is 6.42 Å². The molecule has 88 valence electrons. The van der Waals surface area contributed by atoms with Crippen LogP contribution in [0.25, 0.3) is 0 Å². The average Bonchev–Trinajstić information content (AvgIpc) is 2.35. The molecule has 0 spiro atoms. The van der Waals surface area contributed by atoms with Gasteiger partial charge < -0.3 is 9.64 Å². The minimum absolute atomic E-state index is 0.105. The maximum atomic E-state index is 11.3. The van der Waals surface area contributed by atoms with E-state index >= 15 is 0 Å². The number of carbonyl (C=O) groups excluding carboxylic acids is 1. The molecular weight excluding hydrogens is 270 g/mol. The molecule has 0 unspecified atom stereocenters. The molecule has 0 aliphatic heterocycles. The number of nitrogens with zero attached hydrogens (tertiary/aromatic N) is 1. The van der Waals surface area contributed by atoms with Gasteiger partial charge in [-0.15, -0.1) is 0 Å². The monoisotopic (exact) mass is 285 g/mol. The number of hydrogen-bond acceptors (Lipinski definition) is 2. The van der Waals surface area contributed by atoms with Crippen LogP contribution in [0.2, 0.25) is 0 Å². The summed E-state index contributed by atoms with van der Waals surface area (Å²) in [5.41, 5.74) is 1.20. The average molecular weight is 286 g/mol. The lowest BCUT2D eigenvalue weighted by Gasteiger charge is -2.15. The van der Waals surface area contributed by atoms with Crippen LogP contribution in [-0.4, -0.2) is 36.8 Å². The third-order valence-corrected chi connectivity index (χ3v) is 2.91. The maximum Gasteiger partial charge on any atom is 0.232 e. The van der Waals surface area contributed by atoms with Crippen LogP contribution in [-0.2, 0) is 11.2 Å². The first-order chi connectivity index (χ1) is 7.67. The Labute approximate surface area is 105 Å². The lowest BCUT2D eigenvalue weighted by atomic mass is 10.1. The van der Waals surface area contributed by atoms with Gasteiger partial charge in [-0.25, -0.2) is 0 Å². The van der Waals surface area contributed by atoms with Crippen molar-refractivity contribution in [1.82, 2.24) is 4.90 Å². The van der Waals surface area contributed by atoms with Gasteiger partial charge in [-0.3, -0.25) is 4.79 Å². The number of benzene rings is 1. The largest absolute Gasteiger partial charge is 0.497 e. The van der Waals surface area contributed by atoms with Crippen molar-refractivity contribution in [2.75, 3.05) is 26.0 Å². The highest BCUT2D eigenvalue weighted by Crippen LogP contribution is 2.11. The van der Waals surface area contributed by atoms with E-state index in [0.717, 1.165) is 18.7 Å². The van der Waals surface area contributed by atoms with Crippen LogP contribution in [0, 0.1) is 0 Å². The summed E-state index contributed by atoms with van der Waals surface area (Å²) < 4.78 is 5.08. The fourth-order valence-electron chi connectivity index (χ4n) is 1.32. The summed E-state index contributed by atoms with van der Waals surface area (Å²) >= 11 is 3.15. The smallest absolute Gasteiger partial charge is 0.232 e. The zero-order valence-electron chi connectivity index (χ0n) is 9.57. The lowest BCUT2D eigenvalue weighted by molar-refractivity contribution is -0.126. The number of alkyl halides is 1. The molecule has 0 aliphatic carbocycles. The van der Waals surface area contributed by atoms with Crippen molar-refractivity contribution in [1.29, 1.82) is 0 Å². The van der Waals surface area contributed by atoms with Crippen molar-refractivity contribution < 1.29 is 9.53 Å². The molecular formula is C12H16BrNO2. The predicted octanol–water partition coefficient (Wildman–Crippen LogP) is 2.09. The molecule has 0 saturated heterocycles. The standard InChI is InChI=1S/C12H16BrNO2/c1-14(12(15)9-13)8-7-10-3-5-11(16-2)6-4-10/h3-6H,7-9H2,1-2H3. The van der Waals surface area contributed by atoms with Gasteiger partial charge in [0.1, 0.15) is 5.75 Å². The van der Waals surface area contributed by atoms with Gasteiger partial charge in [-0.05, 0) is 24.1 Å². The van der Waals surface area contributed by atoms with Gasteiger partial charge in [0.2, 0.25) is 5.91 Å². The molecule has 4 heteroatoms. The molecule has 0 saturated carbocycles. The van der Waals surface area contributed by atoms with E-state index in [1.165, 1.54) is 5.56 Å². The van der Waals surface area contributed by atoms with Gasteiger partial charge in [0.05, 0.1) is 12.4 Å². The van der Waals surface area contributed by atoms with Crippen molar-refractivity contribution in [3.63, 3.8) is 0 Å². The van der Waals surface area contributed by atoms with Crippen LogP contribution in [0.1, 0.15) is 5.56 Å². The van der Waals surface area contributed by atoms with E-state index in [2.05, 4.69) is 15.9 Å². The summed E-state index contributed by atoms with van der Waals surface area (Å²) in [7, 11) is 3.46. The molecule has 0 aliphatic rings. The van der Waals surface area contributed by atoms with Crippen LogP contribution in [0.15, 0.2) is 24.3 Å². The summed E-state index contributed by atoms with van der Waals surface area (Å²) in [6, 6.07) is 7.90. The molecule has 0 aromatic heterocycles. The maximum absolute atomic E-state index is 11.3. The van der Waals surface area contributed by atoms with Gasteiger partial charge in [0.15, 0.2) is 0 Å². The summed E-state index contributed by atoms with van der Waals surface area (Å²) in [6.07, 6.45) is 0.860. The number of rotatable bonds is 5. The number of methoxy groups -OCH3 is 1. The molecule has 0 radical (unpaired) electrons. The second-order valence-corrected chi connectivity index (χ2v) is 4.11. The first-order valence-corrected chi connectivity index (χ1v) is 6.22. The SMILES string of the molecule is COc1ccc(CCN(C)C(=O)CBr)cc1. The number of halogens is 1. The van der Waals surface area contributed by atoms with Crippen LogP contribution < -0.4 is 4.74 Å². The molecule has 1 aromatic carbocycles. The topological polar surface area (TPSA) is 29.5 Å². The van der Waals surface area contributed by atoms with Gasteiger partial charge in [-0.2, -0.15) is 0 Å². The molecule has 0 atom stereocenters. The molecule has 16 heavy (non-hydrogen) atoms. The highest BCUT2D eigenvalue weighted by Gasteiger charge is 2.06. The molecule has 0 bridgehead atoms. The number of carbonyl (C=O) groups is 1. The normalized spacial score (nSPS) is 9.94. The number of ether oxygens (including phenoxy) is 1. The highest BCUT2D eigenvalue weighted by atomic mass is 79.9. The van der Waals surface area contributed by atoms with Crippen LogP contribution in [0.3, 0.4) is 0 Å². The summed E-state index contributed by atoms with van der Waals surface area (Å²) in [6.45, 7) is 0.733. The van der Waals surface area contributed by atoms with Crippen molar-refractivity contribution in [2.24, 2.45) is 0 Å². The van der Waals surface area contributed by atoms with Gasteiger partial charge >= 0.3 is 0 Å². The van der Waals surface area contributed by atoms with E-state index in [-0.39, 0.29) is 5.91 Å². The van der Waals surface area contributed by atoms with E-state index < -0.39 is 0 Å². The number of hydrogen-bond donors (Lipinski definition) is 0. The minimum Gasteiger partial charge on any atom is -0.497 e. The first-order valence-electron chi connectivity index (χ1n) is 5.10. The highest BCUT2D eigenvalue weighted by molar-refractivity contribution is 9.09. The molecule has 1 amide bonds. The van der Waals surface area contributed by atoms with Gasteiger partial charge in [0.25, 0.3) is 0 Å². The summed E-state index contributed by atoms with van der Waals surface area (Å²) in [4.78, 5) is 13.0. The van der Waals surface area contributed by atoms with E-state index in [1.807, 2.05) is 31.3 Å². The van der Waals surface area contributed by atoms with Crippen molar-refractivity contribution in [3.8, 4) is 5.75 Å². The Kier molecular flexibility index (Phi) is 5.32. The Hall–Kier alpha value is -1.03. The van der Waals surface area contributed by atoms with E-state index in [9.17, 15) is 4.79 Å². The van der Waals surface area contributed by atoms with Crippen LogP contribution in [0.5, 0.6) is 5.75 Å². The summed E-state index contributed by atoms with van der Waals surface area (Å²) in [5.74, 6) is 0.960. The second-order valence-electron chi connectivity index (χ2n) is 3.55. The fraction of sp³-hybridized carbons (Fsp3) is 0.417. The molecule has 0 N–H and O–H groups in total. The van der Waals surface area contributed by atoms with Gasteiger partial charge in [-0.1, -0.05) is 28.1 Å². The quantitative estimate of drug-likeness (QED) is 0.776. The third kappa shape index (κ3) is 3.85. The number of amides is 1. The fourth-order valence-corrected chi connectivity index (χ4v) is 1.74. The Morgan fingerprint density at radius 2 is 2.00 bits per heavy atom. The van der Waals surface area contributed by atoms with Crippen LogP contribution in [0.4, 0.5) is 0 Å². The van der Waals surface area contributed by atoms with E-state index in [1.54, 1.807) is 12.0 Å². The van der Waals surface area contributed by atoms with Crippen molar-refractivity contribution >= 4 is 21.8 Å². The first kappa shape index (κ1) is 13.0. The Morgan fingerprint density at radius 3 is 2.50 bits per heavy atom. The van der Waals surface area contributed by atoms with Crippen LogP contribution >= 0.6 is 15.9 Å². The molecule has 1 aromatic rings. The third-order valence-electron chi connectivity index (χ3n) is 2.44. The minimum atomic E-state index is 0.105. The van der Waals surface area contributed by atoms with E-state index in [0.29, 0.717) is 5.33 Å². The van der Waals surface area contributed by atoms with Gasteiger partial charge in [0, 0.05) is 13.6 Å². The van der Waals surface area contributed by atoms with Crippen molar-refractivity contribution in [3.05, 3.63) is 29.8 Å². The summed E-state index contributed by atoms with van der Waals surface area (Å²) in [5, 5.41) is 0.381. The Balaban J connectivity index is 2.45. The second kappa shape index (κ2) is 6.53. The van der Waals surface area contributed by atoms with E-state index in [4.69, 9.17) is 4.74 Å². The molecule has 0 fully saturated rings. The Bertz CT molecular complexity index is 337. The zero-order valence-corrected chi connectivity index (χ0v) is 11.2.